The van der Waals surface area contributed by atoms with Crippen molar-refractivity contribution in [2.24, 2.45) is 17.8 Å². The highest BCUT2D eigenvalue weighted by Crippen LogP contribution is 2.38. The minimum Gasteiger partial charge on any atom is -0.459 e. The second-order valence-electron chi connectivity index (χ2n) is 8.20. The number of carbonyl (C=O) groups is 2. The average molecular weight is 381 g/mol. The van der Waals surface area contributed by atoms with Gasteiger partial charge in [0.2, 0.25) is 0 Å². The smallest absolute Gasteiger partial charge is 0.333 e. The topological polar surface area (TPSA) is 72.8 Å². The van der Waals surface area contributed by atoms with E-state index in [1.54, 1.807) is 13.0 Å². The quantitative estimate of drug-likeness (QED) is 0.407. The SMILES string of the molecule is CC=C(C)C(=O)OC1CC(C)C(O)CC1C(C)CC(C=C(C)C)OC(C)=O. The number of allylic oxidation sites excluding steroid dienone is 2. The highest BCUT2D eigenvalue weighted by molar-refractivity contribution is 5.87. The van der Waals surface area contributed by atoms with Gasteiger partial charge in [-0.05, 0) is 64.9 Å². The van der Waals surface area contributed by atoms with Crippen molar-refractivity contribution in [2.45, 2.75) is 86.0 Å². The zero-order chi connectivity index (χ0) is 20.7. The van der Waals surface area contributed by atoms with E-state index in [-0.39, 0.29) is 41.9 Å². The van der Waals surface area contributed by atoms with Crippen LogP contribution in [0.25, 0.3) is 0 Å². The maximum Gasteiger partial charge on any atom is 0.333 e. The van der Waals surface area contributed by atoms with Gasteiger partial charge in [-0.1, -0.05) is 25.5 Å². The zero-order valence-electron chi connectivity index (χ0n) is 17.8. The number of rotatable bonds is 7. The molecule has 0 aromatic rings. The molecule has 1 aliphatic carbocycles. The molecule has 6 atom stereocenters. The van der Waals surface area contributed by atoms with Crippen LogP contribution < -0.4 is 0 Å². The molecule has 1 fully saturated rings. The Kier molecular flexibility index (Phi) is 9.23. The number of carbonyl (C=O) groups excluding carboxylic acids is 2. The lowest BCUT2D eigenvalue weighted by atomic mass is 9.72. The van der Waals surface area contributed by atoms with E-state index in [2.05, 4.69) is 6.92 Å². The molecule has 1 rings (SSSR count). The number of esters is 2. The van der Waals surface area contributed by atoms with E-state index >= 15 is 0 Å². The maximum absolute atomic E-state index is 12.3. The molecule has 0 saturated heterocycles. The highest BCUT2D eigenvalue weighted by atomic mass is 16.5. The van der Waals surface area contributed by atoms with Gasteiger partial charge in [0, 0.05) is 18.4 Å². The van der Waals surface area contributed by atoms with Gasteiger partial charge < -0.3 is 14.6 Å². The standard InChI is InChI=1S/C22H36O5/c1-8-14(4)22(25)27-21-11-16(6)20(24)12-19(21)15(5)10-18(9-13(2)3)26-17(7)23/h8-9,15-16,18-21,24H,10-12H2,1-7H3. The van der Waals surface area contributed by atoms with E-state index in [4.69, 9.17) is 9.47 Å². The van der Waals surface area contributed by atoms with E-state index in [0.717, 1.165) is 5.57 Å². The van der Waals surface area contributed by atoms with Crippen LogP contribution in [0.4, 0.5) is 0 Å². The Hall–Kier alpha value is -1.62. The normalized spacial score (nSPS) is 28.1. The molecule has 0 amide bonds. The van der Waals surface area contributed by atoms with Crippen molar-refractivity contribution in [3.05, 3.63) is 23.3 Å². The summed E-state index contributed by atoms with van der Waals surface area (Å²) in [5, 5.41) is 10.4. The maximum atomic E-state index is 12.3. The lowest BCUT2D eigenvalue weighted by Crippen LogP contribution is -2.43. The van der Waals surface area contributed by atoms with Crippen LogP contribution in [0.15, 0.2) is 23.3 Å². The minimum absolute atomic E-state index is 0.0217. The molecule has 6 unspecified atom stereocenters. The van der Waals surface area contributed by atoms with Gasteiger partial charge in [0.25, 0.3) is 0 Å². The first-order valence-corrected chi connectivity index (χ1v) is 9.89. The van der Waals surface area contributed by atoms with E-state index in [1.807, 2.05) is 33.8 Å². The summed E-state index contributed by atoms with van der Waals surface area (Å²) < 4.78 is 11.2. The second-order valence-corrected chi connectivity index (χ2v) is 8.20. The number of ether oxygens (including phenoxy) is 2. The molecule has 27 heavy (non-hydrogen) atoms. The van der Waals surface area contributed by atoms with Crippen molar-refractivity contribution in [1.29, 1.82) is 0 Å². The molecule has 1 N–H and O–H groups in total. The summed E-state index contributed by atoms with van der Waals surface area (Å²) in [7, 11) is 0. The first kappa shape index (κ1) is 23.4. The zero-order valence-corrected chi connectivity index (χ0v) is 17.8. The molecule has 0 spiro atoms. The molecule has 154 valence electrons. The van der Waals surface area contributed by atoms with Gasteiger partial charge in [-0.2, -0.15) is 0 Å². The Bertz CT molecular complexity index is 573. The molecule has 5 heteroatoms. The van der Waals surface area contributed by atoms with Crippen LogP contribution in [-0.2, 0) is 19.1 Å². The second kappa shape index (κ2) is 10.6. The lowest BCUT2D eigenvalue weighted by molar-refractivity contribution is -0.155. The summed E-state index contributed by atoms with van der Waals surface area (Å²) >= 11 is 0. The number of aliphatic hydroxyl groups excluding tert-OH is 1. The predicted molar refractivity (Wildman–Crippen MR) is 106 cm³/mol. The molecule has 0 heterocycles. The molecule has 0 bridgehead atoms. The Balaban J connectivity index is 2.95. The Morgan fingerprint density at radius 3 is 2.33 bits per heavy atom. The molecule has 0 aromatic carbocycles. The highest BCUT2D eigenvalue weighted by Gasteiger charge is 2.40. The van der Waals surface area contributed by atoms with Crippen molar-refractivity contribution in [2.75, 3.05) is 0 Å². The van der Waals surface area contributed by atoms with Gasteiger partial charge in [-0.25, -0.2) is 4.79 Å². The van der Waals surface area contributed by atoms with Gasteiger partial charge in [0.05, 0.1) is 6.10 Å². The lowest BCUT2D eigenvalue weighted by Gasteiger charge is -2.41. The Morgan fingerprint density at radius 1 is 1.19 bits per heavy atom. The number of hydrogen-bond donors (Lipinski definition) is 1. The van der Waals surface area contributed by atoms with Gasteiger partial charge in [0.1, 0.15) is 12.2 Å². The molecule has 1 aliphatic rings. The van der Waals surface area contributed by atoms with Gasteiger partial charge >= 0.3 is 11.9 Å². The van der Waals surface area contributed by atoms with Crippen LogP contribution in [-0.4, -0.2) is 35.4 Å². The van der Waals surface area contributed by atoms with Crippen LogP contribution in [0.5, 0.6) is 0 Å². The van der Waals surface area contributed by atoms with Crippen LogP contribution in [0.1, 0.15) is 67.7 Å². The van der Waals surface area contributed by atoms with E-state index < -0.39 is 6.10 Å². The molecular formula is C22H36O5. The molecule has 5 nitrogen and oxygen atoms in total. The van der Waals surface area contributed by atoms with Crippen LogP contribution in [0.2, 0.25) is 0 Å². The van der Waals surface area contributed by atoms with Gasteiger partial charge in [-0.3, -0.25) is 4.79 Å². The summed E-state index contributed by atoms with van der Waals surface area (Å²) in [5.74, 6) is -0.388. The predicted octanol–water partition coefficient (Wildman–Crippen LogP) is 4.20. The van der Waals surface area contributed by atoms with E-state index in [9.17, 15) is 14.7 Å². The van der Waals surface area contributed by atoms with Crippen molar-refractivity contribution < 1.29 is 24.2 Å². The fourth-order valence-corrected chi connectivity index (χ4v) is 3.72. The Morgan fingerprint density at radius 2 is 1.81 bits per heavy atom. The molecule has 0 aliphatic heterocycles. The van der Waals surface area contributed by atoms with E-state index in [0.29, 0.717) is 24.8 Å². The van der Waals surface area contributed by atoms with Crippen molar-refractivity contribution >= 4 is 11.9 Å². The van der Waals surface area contributed by atoms with Crippen molar-refractivity contribution in [1.82, 2.24) is 0 Å². The summed E-state index contributed by atoms with van der Waals surface area (Å²) in [5.41, 5.74) is 1.67. The molecule has 0 aromatic heterocycles. The van der Waals surface area contributed by atoms with Crippen molar-refractivity contribution in [3.63, 3.8) is 0 Å². The van der Waals surface area contributed by atoms with Gasteiger partial charge in [-0.15, -0.1) is 0 Å². The first-order chi connectivity index (χ1) is 12.5. The van der Waals surface area contributed by atoms with E-state index in [1.165, 1.54) is 6.92 Å². The number of hydrogen-bond acceptors (Lipinski definition) is 5. The first-order valence-electron chi connectivity index (χ1n) is 9.89. The third kappa shape index (κ3) is 7.49. The minimum atomic E-state index is -0.411. The largest absolute Gasteiger partial charge is 0.459 e. The third-order valence-electron chi connectivity index (χ3n) is 5.44. The fraction of sp³-hybridized carbons (Fsp3) is 0.727. The number of aliphatic hydroxyl groups is 1. The summed E-state index contributed by atoms with van der Waals surface area (Å²) in [6.07, 6.45) is 4.58. The summed E-state index contributed by atoms with van der Waals surface area (Å²) in [4.78, 5) is 23.7. The fourth-order valence-electron chi connectivity index (χ4n) is 3.72. The van der Waals surface area contributed by atoms with Crippen molar-refractivity contribution in [3.8, 4) is 0 Å². The summed E-state index contributed by atoms with van der Waals surface area (Å²) in [6, 6.07) is 0. The molecule has 0 radical (unpaired) electrons. The Labute approximate surface area is 163 Å². The summed E-state index contributed by atoms with van der Waals surface area (Å²) in [6.45, 7) is 13.0. The third-order valence-corrected chi connectivity index (χ3v) is 5.44. The van der Waals surface area contributed by atoms with Gasteiger partial charge in [0.15, 0.2) is 0 Å². The molecular weight excluding hydrogens is 344 g/mol. The van der Waals surface area contributed by atoms with Crippen LogP contribution >= 0.6 is 0 Å². The molecule has 1 saturated carbocycles. The van der Waals surface area contributed by atoms with Crippen LogP contribution in [0, 0.1) is 17.8 Å². The average Bonchev–Trinajstić information content (AvgIpc) is 2.55. The van der Waals surface area contributed by atoms with Crippen LogP contribution in [0.3, 0.4) is 0 Å². The monoisotopic (exact) mass is 380 g/mol.